The van der Waals surface area contributed by atoms with Crippen molar-refractivity contribution < 1.29 is 9.59 Å². The minimum atomic E-state index is -0.613. The van der Waals surface area contributed by atoms with Crippen molar-refractivity contribution in [3.05, 3.63) is 107 Å². The Hall–Kier alpha value is -3.05. The lowest BCUT2D eigenvalue weighted by Gasteiger charge is -2.34. The highest BCUT2D eigenvalue weighted by atomic mass is 32.2. The normalized spacial score (nSPS) is 12.1. The van der Waals surface area contributed by atoms with E-state index >= 15 is 0 Å². The second-order valence-electron chi connectivity index (χ2n) is 10.4. The molecule has 1 unspecified atom stereocenters. The van der Waals surface area contributed by atoms with Gasteiger partial charge in [-0.2, -0.15) is 0 Å². The van der Waals surface area contributed by atoms with Gasteiger partial charge in [0, 0.05) is 24.3 Å². The largest absolute Gasteiger partial charge is 0.350 e. The number of aryl methyl sites for hydroxylation is 2. The summed E-state index contributed by atoms with van der Waals surface area (Å²) in [5.41, 5.74) is 5.20. The molecule has 36 heavy (non-hydrogen) atoms. The number of benzene rings is 3. The summed E-state index contributed by atoms with van der Waals surface area (Å²) in [5, 5.41) is 3.12. The van der Waals surface area contributed by atoms with Gasteiger partial charge in [-0.3, -0.25) is 9.59 Å². The molecule has 1 atom stereocenters. The van der Waals surface area contributed by atoms with E-state index in [9.17, 15) is 9.59 Å². The van der Waals surface area contributed by atoms with Gasteiger partial charge >= 0.3 is 0 Å². The average Bonchev–Trinajstić information content (AvgIpc) is 2.82. The molecule has 0 fully saturated rings. The third kappa shape index (κ3) is 8.56. The Labute approximate surface area is 220 Å². The first-order valence-electron chi connectivity index (χ1n) is 12.5. The number of hydrogen-bond donors (Lipinski definition) is 1. The molecule has 2 amide bonds. The van der Waals surface area contributed by atoms with Crippen LogP contribution in [0.2, 0.25) is 0 Å². The summed E-state index contributed by atoms with van der Waals surface area (Å²) in [6, 6.07) is 25.7. The van der Waals surface area contributed by atoms with Crippen LogP contribution in [0, 0.1) is 13.8 Å². The Morgan fingerprint density at radius 1 is 0.889 bits per heavy atom. The van der Waals surface area contributed by atoms with Gasteiger partial charge in [0.2, 0.25) is 11.8 Å². The minimum Gasteiger partial charge on any atom is -0.350 e. The predicted octanol–water partition coefficient (Wildman–Crippen LogP) is 6.09. The van der Waals surface area contributed by atoms with E-state index in [1.54, 1.807) is 16.7 Å². The van der Waals surface area contributed by atoms with Crippen LogP contribution in [0.4, 0.5) is 0 Å². The summed E-state index contributed by atoms with van der Waals surface area (Å²) in [6.45, 7) is 10.4. The van der Waals surface area contributed by atoms with Gasteiger partial charge in [-0.25, -0.2) is 0 Å². The predicted molar refractivity (Wildman–Crippen MR) is 151 cm³/mol. The summed E-state index contributed by atoms with van der Waals surface area (Å²) >= 11 is 1.59. The molecule has 1 N–H and O–H groups in total. The van der Waals surface area contributed by atoms with Gasteiger partial charge in [0.05, 0.1) is 5.75 Å². The maximum atomic E-state index is 13.7. The van der Waals surface area contributed by atoms with Crippen LogP contribution in [-0.4, -0.2) is 34.0 Å². The smallest absolute Gasteiger partial charge is 0.243 e. The second kappa shape index (κ2) is 12.8. The minimum absolute atomic E-state index is 0.0269. The van der Waals surface area contributed by atoms with Crippen molar-refractivity contribution in [3.8, 4) is 0 Å². The second-order valence-corrected chi connectivity index (χ2v) is 11.4. The van der Waals surface area contributed by atoms with Crippen LogP contribution >= 0.6 is 11.8 Å². The fraction of sp³-hybridized carbons (Fsp3) is 0.355. The van der Waals surface area contributed by atoms with E-state index in [1.165, 1.54) is 11.1 Å². The molecule has 3 aromatic carbocycles. The monoisotopic (exact) mass is 502 g/mol. The third-order valence-electron chi connectivity index (χ3n) is 5.95. The maximum Gasteiger partial charge on any atom is 0.243 e. The first-order chi connectivity index (χ1) is 17.1. The highest BCUT2D eigenvalue weighted by Gasteiger charge is 2.32. The number of nitrogens with one attached hydrogen (secondary N) is 1. The molecule has 0 spiro atoms. The fourth-order valence-electron chi connectivity index (χ4n) is 4.12. The van der Waals surface area contributed by atoms with Gasteiger partial charge in [-0.15, -0.1) is 11.8 Å². The Morgan fingerprint density at radius 2 is 1.56 bits per heavy atom. The van der Waals surface area contributed by atoms with Crippen molar-refractivity contribution in [2.24, 2.45) is 0 Å². The van der Waals surface area contributed by atoms with Gasteiger partial charge in [0.1, 0.15) is 6.04 Å². The van der Waals surface area contributed by atoms with Crippen molar-refractivity contribution in [1.29, 1.82) is 0 Å². The van der Waals surface area contributed by atoms with Crippen molar-refractivity contribution in [3.63, 3.8) is 0 Å². The lowest BCUT2D eigenvalue weighted by Crippen LogP contribution is -2.54. The Morgan fingerprint density at radius 3 is 2.22 bits per heavy atom. The molecule has 0 aliphatic heterocycles. The first kappa shape index (κ1) is 27.5. The molecule has 3 aromatic rings. The molecule has 0 aromatic heterocycles. The summed E-state index contributed by atoms with van der Waals surface area (Å²) in [6.07, 6.45) is 0.461. The molecule has 0 saturated carbocycles. The highest BCUT2D eigenvalue weighted by molar-refractivity contribution is 7.99. The molecule has 4 nitrogen and oxygen atoms in total. The van der Waals surface area contributed by atoms with E-state index in [2.05, 4.69) is 30.4 Å². The molecule has 0 bridgehead atoms. The topological polar surface area (TPSA) is 49.4 Å². The molecule has 190 valence electrons. The number of nitrogens with zero attached hydrogens (tertiary/aromatic N) is 1. The Bertz CT molecular complexity index is 1150. The van der Waals surface area contributed by atoms with E-state index in [4.69, 9.17) is 0 Å². The molecule has 0 aliphatic carbocycles. The van der Waals surface area contributed by atoms with E-state index in [-0.39, 0.29) is 11.8 Å². The summed E-state index contributed by atoms with van der Waals surface area (Å²) < 4.78 is 0. The van der Waals surface area contributed by atoms with Crippen LogP contribution < -0.4 is 5.32 Å². The summed E-state index contributed by atoms with van der Waals surface area (Å²) in [4.78, 5) is 29.1. The number of amides is 2. The van der Waals surface area contributed by atoms with Crippen molar-refractivity contribution in [1.82, 2.24) is 10.2 Å². The molecule has 0 aliphatic rings. The molecular formula is C31H38N2O2S. The van der Waals surface area contributed by atoms with Gasteiger partial charge < -0.3 is 10.2 Å². The lowest BCUT2D eigenvalue weighted by molar-refractivity contribution is -0.140. The standard InChI is InChI=1S/C31H38N2O2S/c1-23-12-11-16-26(18-23)21-36-22-29(34)33(20-27-17-10-9-13-24(27)2)28(30(35)32-31(3,4)5)19-25-14-7-6-8-15-25/h6-18,28H,19-22H2,1-5H3,(H,32,35). The lowest BCUT2D eigenvalue weighted by atomic mass is 10.00. The molecule has 0 heterocycles. The van der Waals surface area contributed by atoms with Gasteiger partial charge in [-0.05, 0) is 56.9 Å². The van der Waals surface area contributed by atoms with E-state index in [0.717, 1.165) is 22.4 Å². The van der Waals surface area contributed by atoms with Crippen LogP contribution in [0.25, 0.3) is 0 Å². The number of carbonyl (C=O) groups excluding carboxylic acids is 2. The van der Waals surface area contributed by atoms with Crippen LogP contribution in [-0.2, 0) is 28.3 Å². The molecule has 0 radical (unpaired) electrons. The third-order valence-corrected chi connectivity index (χ3v) is 6.94. The highest BCUT2D eigenvalue weighted by Crippen LogP contribution is 2.20. The number of thioether (sulfide) groups is 1. The number of rotatable bonds is 10. The van der Waals surface area contributed by atoms with Crippen LogP contribution in [0.15, 0.2) is 78.9 Å². The zero-order chi connectivity index (χ0) is 26.1. The molecule has 5 heteroatoms. The number of carbonyl (C=O) groups is 2. The van der Waals surface area contributed by atoms with E-state index < -0.39 is 11.6 Å². The van der Waals surface area contributed by atoms with Gasteiger partial charge in [0.15, 0.2) is 0 Å². The average molecular weight is 503 g/mol. The quantitative estimate of drug-likeness (QED) is 0.365. The maximum absolute atomic E-state index is 13.7. The van der Waals surface area contributed by atoms with E-state index in [1.807, 2.05) is 88.4 Å². The molecule has 0 saturated heterocycles. The Balaban J connectivity index is 1.88. The fourth-order valence-corrected chi connectivity index (χ4v) is 4.98. The van der Waals surface area contributed by atoms with Crippen molar-refractivity contribution in [2.45, 2.75) is 64.9 Å². The van der Waals surface area contributed by atoms with E-state index in [0.29, 0.717) is 18.7 Å². The Kier molecular flexibility index (Phi) is 9.77. The van der Waals surface area contributed by atoms with Crippen molar-refractivity contribution in [2.75, 3.05) is 5.75 Å². The molecular weight excluding hydrogens is 464 g/mol. The molecule has 3 rings (SSSR count). The van der Waals surface area contributed by atoms with Crippen LogP contribution in [0.3, 0.4) is 0 Å². The first-order valence-corrected chi connectivity index (χ1v) is 13.6. The van der Waals surface area contributed by atoms with Crippen LogP contribution in [0.1, 0.15) is 48.6 Å². The van der Waals surface area contributed by atoms with Crippen molar-refractivity contribution >= 4 is 23.6 Å². The van der Waals surface area contributed by atoms with Gasteiger partial charge in [-0.1, -0.05) is 84.4 Å². The number of hydrogen-bond acceptors (Lipinski definition) is 3. The summed E-state index contributed by atoms with van der Waals surface area (Å²) in [7, 11) is 0. The zero-order valence-electron chi connectivity index (χ0n) is 22.1. The van der Waals surface area contributed by atoms with Crippen LogP contribution in [0.5, 0.6) is 0 Å². The zero-order valence-corrected chi connectivity index (χ0v) is 22.9. The SMILES string of the molecule is Cc1cccc(CSCC(=O)N(Cc2ccccc2C)C(Cc2ccccc2)C(=O)NC(C)(C)C)c1. The summed E-state index contributed by atoms with van der Waals surface area (Å²) in [5.74, 6) is 0.912. The van der Waals surface area contributed by atoms with Gasteiger partial charge in [0.25, 0.3) is 0 Å².